The molecule has 1 heterocycles. The van der Waals surface area contributed by atoms with Crippen molar-refractivity contribution >= 4 is 16.6 Å². The second-order valence-electron chi connectivity index (χ2n) is 3.44. The van der Waals surface area contributed by atoms with Crippen molar-refractivity contribution < 1.29 is 13.2 Å². The maximum atomic E-state index is 12.8. The lowest BCUT2D eigenvalue weighted by Crippen LogP contribution is -2.10. The summed E-state index contributed by atoms with van der Waals surface area (Å²) in [5.41, 5.74) is 4.64. The van der Waals surface area contributed by atoms with E-state index in [-0.39, 0.29) is 22.3 Å². The van der Waals surface area contributed by atoms with Crippen molar-refractivity contribution in [1.82, 2.24) is 4.98 Å². The number of pyridine rings is 1. The van der Waals surface area contributed by atoms with Gasteiger partial charge in [0.2, 0.25) is 0 Å². The summed E-state index contributed by atoms with van der Waals surface area (Å²) in [4.78, 5) is 3.92. The monoisotopic (exact) mass is 236 g/mol. The van der Waals surface area contributed by atoms with Crippen LogP contribution in [-0.4, -0.2) is 4.98 Å². The lowest BCUT2D eigenvalue weighted by molar-refractivity contribution is -0.135. The third-order valence-corrected chi connectivity index (χ3v) is 2.33. The maximum Gasteiger partial charge on any atom is 0.419 e. The van der Waals surface area contributed by atoms with E-state index in [9.17, 15) is 13.2 Å². The first-order valence-electron chi connectivity index (χ1n) is 4.66. The minimum atomic E-state index is -4.51. The average Bonchev–Trinajstić information content (AvgIpc) is 2.26. The summed E-state index contributed by atoms with van der Waals surface area (Å²) >= 11 is 0. The molecule has 0 saturated carbocycles. The summed E-state index contributed by atoms with van der Waals surface area (Å²) in [5.74, 6) is 2.27. The van der Waals surface area contributed by atoms with Crippen molar-refractivity contribution in [2.75, 3.05) is 5.73 Å². The molecule has 2 N–H and O–H groups in total. The number of terminal acetylenes is 1. The van der Waals surface area contributed by atoms with Gasteiger partial charge in [0.1, 0.15) is 5.69 Å². The zero-order valence-corrected chi connectivity index (χ0v) is 8.55. The highest BCUT2D eigenvalue weighted by atomic mass is 19.4. The first-order chi connectivity index (χ1) is 7.93. The van der Waals surface area contributed by atoms with Gasteiger partial charge in [-0.3, -0.25) is 0 Å². The predicted octanol–water partition coefficient (Wildman–Crippen LogP) is 2.82. The Morgan fingerprint density at radius 3 is 2.47 bits per heavy atom. The molecule has 0 radical (unpaired) electrons. The van der Waals surface area contributed by atoms with Crippen LogP contribution in [0.5, 0.6) is 0 Å². The number of alkyl halides is 3. The van der Waals surface area contributed by atoms with Gasteiger partial charge in [-0.25, -0.2) is 4.98 Å². The lowest BCUT2D eigenvalue weighted by Gasteiger charge is -2.12. The molecule has 86 valence electrons. The Bertz CT molecular complexity index is 624. The molecule has 0 fully saturated rings. The van der Waals surface area contributed by atoms with Gasteiger partial charge in [-0.05, 0) is 24.3 Å². The van der Waals surface area contributed by atoms with Gasteiger partial charge in [0, 0.05) is 11.1 Å². The van der Waals surface area contributed by atoms with E-state index in [1.54, 1.807) is 0 Å². The molecule has 0 aliphatic carbocycles. The number of hydrogen-bond acceptors (Lipinski definition) is 2. The van der Waals surface area contributed by atoms with Gasteiger partial charge in [-0.15, -0.1) is 6.42 Å². The summed E-state index contributed by atoms with van der Waals surface area (Å²) in [6.45, 7) is 0. The van der Waals surface area contributed by atoms with Crippen LogP contribution >= 0.6 is 0 Å². The second kappa shape index (κ2) is 3.67. The fraction of sp³-hybridized carbons (Fsp3) is 0.0833. The van der Waals surface area contributed by atoms with Crippen molar-refractivity contribution in [3.63, 3.8) is 0 Å². The van der Waals surface area contributed by atoms with E-state index in [0.29, 0.717) is 0 Å². The molecule has 0 spiro atoms. The van der Waals surface area contributed by atoms with E-state index in [4.69, 9.17) is 12.2 Å². The Hall–Kier alpha value is -2.22. The highest BCUT2D eigenvalue weighted by Gasteiger charge is 2.35. The van der Waals surface area contributed by atoms with Gasteiger partial charge >= 0.3 is 6.18 Å². The number of rotatable bonds is 0. The molecular formula is C12H7F3N2. The Kier molecular flexibility index (Phi) is 2.43. The molecule has 1 aromatic carbocycles. The van der Waals surface area contributed by atoms with Gasteiger partial charge < -0.3 is 5.73 Å². The van der Waals surface area contributed by atoms with Crippen molar-refractivity contribution in [3.8, 4) is 12.3 Å². The summed E-state index contributed by atoms with van der Waals surface area (Å²) in [5, 5.41) is -0.0449. The molecule has 2 aromatic rings. The van der Waals surface area contributed by atoms with E-state index >= 15 is 0 Å². The number of nitrogens with two attached hydrogens (primary N) is 1. The summed E-state index contributed by atoms with van der Waals surface area (Å²) in [6, 6.07) is 5.24. The van der Waals surface area contributed by atoms with E-state index in [1.807, 2.05) is 0 Å². The van der Waals surface area contributed by atoms with Crippen LogP contribution in [0.4, 0.5) is 18.9 Å². The van der Waals surface area contributed by atoms with Gasteiger partial charge in [-0.1, -0.05) is 5.92 Å². The SMILES string of the molecule is C#Cc1ccc2c(C(F)(F)F)c(N)ccc2n1. The summed E-state index contributed by atoms with van der Waals surface area (Å²) < 4.78 is 38.4. The molecule has 0 aliphatic rings. The largest absolute Gasteiger partial charge is 0.419 e. The first kappa shape index (κ1) is 11.3. The average molecular weight is 236 g/mol. The highest BCUT2D eigenvalue weighted by Crippen LogP contribution is 2.38. The molecule has 0 atom stereocenters. The molecule has 2 nitrogen and oxygen atoms in total. The highest BCUT2D eigenvalue weighted by molar-refractivity contribution is 5.87. The van der Waals surface area contributed by atoms with Crippen LogP contribution in [0.2, 0.25) is 0 Å². The standard InChI is InChI=1S/C12H7F3N2/c1-2-7-3-4-8-10(17-7)6-5-9(16)11(8)12(13,14)15/h1,3-6H,16H2. The van der Waals surface area contributed by atoms with Gasteiger partial charge in [0.25, 0.3) is 0 Å². The molecule has 0 bridgehead atoms. The number of benzene rings is 1. The van der Waals surface area contributed by atoms with E-state index in [0.717, 1.165) is 0 Å². The van der Waals surface area contributed by atoms with Crippen molar-refractivity contribution in [3.05, 3.63) is 35.5 Å². The van der Waals surface area contributed by atoms with Crippen LogP contribution in [0.1, 0.15) is 11.3 Å². The minimum absolute atomic E-state index is 0.0449. The number of aromatic nitrogens is 1. The number of halogens is 3. The Balaban J connectivity index is 2.84. The minimum Gasteiger partial charge on any atom is -0.398 e. The van der Waals surface area contributed by atoms with Gasteiger partial charge in [-0.2, -0.15) is 13.2 Å². The third-order valence-electron chi connectivity index (χ3n) is 2.33. The Morgan fingerprint density at radius 2 is 1.88 bits per heavy atom. The fourth-order valence-corrected chi connectivity index (χ4v) is 1.62. The quantitative estimate of drug-likeness (QED) is 0.564. The lowest BCUT2D eigenvalue weighted by atomic mass is 10.1. The Morgan fingerprint density at radius 1 is 1.18 bits per heavy atom. The van der Waals surface area contributed by atoms with E-state index in [2.05, 4.69) is 10.9 Å². The fourth-order valence-electron chi connectivity index (χ4n) is 1.62. The normalized spacial score (nSPS) is 11.4. The number of nitrogen functional groups attached to an aromatic ring is 1. The summed E-state index contributed by atoms with van der Waals surface area (Å²) in [7, 11) is 0. The summed E-state index contributed by atoms with van der Waals surface area (Å²) in [6.07, 6.45) is 0.624. The molecule has 5 heteroatoms. The van der Waals surface area contributed by atoms with Crippen LogP contribution in [-0.2, 0) is 6.18 Å². The van der Waals surface area contributed by atoms with Gasteiger partial charge in [0.05, 0.1) is 11.1 Å². The van der Waals surface area contributed by atoms with Gasteiger partial charge in [0.15, 0.2) is 0 Å². The Labute approximate surface area is 95.3 Å². The third kappa shape index (κ3) is 1.89. The molecule has 0 aliphatic heterocycles. The topological polar surface area (TPSA) is 38.9 Å². The number of fused-ring (bicyclic) bond motifs is 1. The predicted molar refractivity (Wildman–Crippen MR) is 59.1 cm³/mol. The molecular weight excluding hydrogens is 229 g/mol. The molecule has 0 saturated heterocycles. The molecule has 17 heavy (non-hydrogen) atoms. The van der Waals surface area contributed by atoms with Crippen LogP contribution in [0.25, 0.3) is 10.9 Å². The molecule has 0 amide bonds. The van der Waals surface area contributed by atoms with Crippen LogP contribution in [0.3, 0.4) is 0 Å². The maximum absolute atomic E-state index is 12.8. The van der Waals surface area contributed by atoms with Crippen LogP contribution < -0.4 is 5.73 Å². The van der Waals surface area contributed by atoms with Crippen molar-refractivity contribution in [2.45, 2.75) is 6.18 Å². The second-order valence-corrected chi connectivity index (χ2v) is 3.44. The van der Waals surface area contributed by atoms with Crippen LogP contribution in [0, 0.1) is 12.3 Å². The van der Waals surface area contributed by atoms with E-state index in [1.165, 1.54) is 24.3 Å². The number of nitrogens with zero attached hydrogens (tertiary/aromatic N) is 1. The van der Waals surface area contributed by atoms with Crippen molar-refractivity contribution in [2.24, 2.45) is 0 Å². The van der Waals surface area contributed by atoms with E-state index < -0.39 is 11.7 Å². The molecule has 1 aromatic heterocycles. The molecule has 0 unspecified atom stereocenters. The zero-order chi connectivity index (χ0) is 12.6. The number of hydrogen-bond donors (Lipinski definition) is 1. The zero-order valence-electron chi connectivity index (χ0n) is 8.55. The number of anilines is 1. The first-order valence-corrected chi connectivity index (χ1v) is 4.66. The van der Waals surface area contributed by atoms with Crippen LogP contribution in [0.15, 0.2) is 24.3 Å². The van der Waals surface area contributed by atoms with Crippen molar-refractivity contribution in [1.29, 1.82) is 0 Å². The molecule has 2 rings (SSSR count). The smallest absolute Gasteiger partial charge is 0.398 e.